The number of aromatic nitrogens is 2. The first kappa shape index (κ1) is 19.3. The van der Waals surface area contributed by atoms with Gasteiger partial charge in [0.2, 0.25) is 0 Å². The largest absolute Gasteiger partial charge is 0.503 e. The predicted molar refractivity (Wildman–Crippen MR) is 108 cm³/mol. The van der Waals surface area contributed by atoms with Gasteiger partial charge in [-0.25, -0.2) is 4.98 Å². The third kappa shape index (κ3) is 3.89. The van der Waals surface area contributed by atoms with Crippen LogP contribution in [0.4, 0.5) is 0 Å². The van der Waals surface area contributed by atoms with E-state index in [1.165, 1.54) is 26.4 Å². The maximum Gasteiger partial charge on any atom is 0.254 e. The van der Waals surface area contributed by atoms with Crippen LogP contribution in [0.5, 0.6) is 11.5 Å². The highest BCUT2D eigenvalue weighted by atomic mass is 35.5. The normalized spacial score (nSPS) is 18.1. The SMILES string of the molecule is COc1cc(CN2CCc3c(nc(C4CCCCC4)[nH]c3=O)C2)cc(Cl)c1O. The minimum atomic E-state index is -0.0396. The van der Waals surface area contributed by atoms with Gasteiger partial charge in [-0.1, -0.05) is 30.9 Å². The van der Waals surface area contributed by atoms with Crippen molar-refractivity contribution in [3.8, 4) is 11.5 Å². The van der Waals surface area contributed by atoms with E-state index >= 15 is 0 Å². The van der Waals surface area contributed by atoms with E-state index in [4.69, 9.17) is 21.3 Å². The van der Waals surface area contributed by atoms with Gasteiger partial charge in [-0.2, -0.15) is 0 Å². The number of H-pyrrole nitrogens is 1. The first-order valence-electron chi connectivity index (χ1n) is 9.95. The molecule has 1 fully saturated rings. The Morgan fingerprint density at radius 3 is 2.86 bits per heavy atom. The Bertz CT molecular complexity index is 922. The van der Waals surface area contributed by atoms with Crippen LogP contribution in [0.15, 0.2) is 16.9 Å². The van der Waals surface area contributed by atoms with Gasteiger partial charge in [0.05, 0.1) is 17.8 Å². The molecule has 1 aromatic heterocycles. The molecule has 2 heterocycles. The molecule has 7 heteroatoms. The van der Waals surface area contributed by atoms with Crippen LogP contribution in [-0.2, 0) is 19.5 Å². The second-order valence-corrected chi connectivity index (χ2v) is 8.21. The monoisotopic (exact) mass is 403 g/mol. The van der Waals surface area contributed by atoms with Gasteiger partial charge in [-0.15, -0.1) is 0 Å². The highest BCUT2D eigenvalue weighted by Crippen LogP contribution is 2.35. The molecule has 0 unspecified atom stereocenters. The van der Waals surface area contributed by atoms with Crippen LogP contribution < -0.4 is 10.3 Å². The maximum atomic E-state index is 12.6. The van der Waals surface area contributed by atoms with E-state index in [0.717, 1.165) is 42.0 Å². The van der Waals surface area contributed by atoms with Gasteiger partial charge >= 0.3 is 0 Å². The Morgan fingerprint density at radius 2 is 2.11 bits per heavy atom. The third-order valence-corrected chi connectivity index (χ3v) is 6.17. The van der Waals surface area contributed by atoms with Crippen LogP contribution in [0.2, 0.25) is 5.02 Å². The summed E-state index contributed by atoms with van der Waals surface area (Å²) < 4.78 is 5.20. The van der Waals surface area contributed by atoms with Crippen molar-refractivity contribution in [1.29, 1.82) is 0 Å². The number of fused-ring (bicyclic) bond motifs is 1. The summed E-state index contributed by atoms with van der Waals surface area (Å²) >= 11 is 6.12. The van der Waals surface area contributed by atoms with Crippen molar-refractivity contribution in [2.75, 3.05) is 13.7 Å². The molecule has 1 aliphatic heterocycles. The minimum absolute atomic E-state index is 0.0274. The van der Waals surface area contributed by atoms with Gasteiger partial charge in [-0.3, -0.25) is 9.69 Å². The Balaban J connectivity index is 1.55. The number of phenolic OH excluding ortho intramolecular Hbond substituents is 1. The highest BCUT2D eigenvalue weighted by molar-refractivity contribution is 6.32. The van der Waals surface area contributed by atoms with Crippen molar-refractivity contribution in [3.05, 3.63) is 50.2 Å². The van der Waals surface area contributed by atoms with Crippen LogP contribution in [0, 0.1) is 0 Å². The average Bonchev–Trinajstić information content (AvgIpc) is 2.71. The van der Waals surface area contributed by atoms with E-state index in [1.54, 1.807) is 12.1 Å². The first-order valence-corrected chi connectivity index (χ1v) is 10.3. The van der Waals surface area contributed by atoms with Crippen LogP contribution in [-0.4, -0.2) is 33.6 Å². The Hall–Kier alpha value is -2.05. The molecule has 1 aliphatic carbocycles. The van der Waals surface area contributed by atoms with Crippen molar-refractivity contribution >= 4 is 11.6 Å². The van der Waals surface area contributed by atoms with Crippen molar-refractivity contribution in [2.24, 2.45) is 0 Å². The number of phenols is 1. The number of hydrogen-bond acceptors (Lipinski definition) is 5. The van der Waals surface area contributed by atoms with E-state index in [9.17, 15) is 9.90 Å². The molecular formula is C21H26ClN3O3. The van der Waals surface area contributed by atoms with Crippen molar-refractivity contribution in [2.45, 2.75) is 57.5 Å². The highest BCUT2D eigenvalue weighted by Gasteiger charge is 2.25. The molecule has 0 amide bonds. The van der Waals surface area contributed by atoms with Gasteiger partial charge in [-0.05, 0) is 37.0 Å². The van der Waals surface area contributed by atoms with Crippen LogP contribution >= 0.6 is 11.6 Å². The molecule has 6 nitrogen and oxygen atoms in total. The number of ether oxygens (including phenoxy) is 1. The van der Waals surface area contributed by atoms with Gasteiger partial charge in [0.1, 0.15) is 5.82 Å². The molecule has 0 bridgehead atoms. The number of halogens is 1. The van der Waals surface area contributed by atoms with E-state index in [-0.39, 0.29) is 16.3 Å². The summed E-state index contributed by atoms with van der Waals surface area (Å²) in [6.45, 7) is 2.07. The molecule has 2 aromatic rings. The minimum Gasteiger partial charge on any atom is -0.503 e. The molecule has 0 radical (unpaired) electrons. The average molecular weight is 404 g/mol. The first-order chi connectivity index (χ1) is 13.5. The summed E-state index contributed by atoms with van der Waals surface area (Å²) in [6, 6.07) is 3.56. The number of aromatic hydroxyl groups is 1. The standard InChI is InChI=1S/C21H26ClN3O3/c1-28-18-10-13(9-16(22)19(18)26)11-25-8-7-15-17(12-25)23-20(24-21(15)27)14-5-3-2-4-6-14/h9-10,14,26H,2-8,11-12H2,1H3,(H,23,24,27). The fraction of sp³-hybridized carbons (Fsp3) is 0.524. The third-order valence-electron chi connectivity index (χ3n) is 5.88. The summed E-state index contributed by atoms with van der Waals surface area (Å²) in [4.78, 5) is 22.8. The number of nitrogens with one attached hydrogen (secondary N) is 1. The molecule has 4 rings (SSSR count). The molecule has 0 spiro atoms. The quantitative estimate of drug-likeness (QED) is 0.812. The second kappa shape index (κ2) is 8.13. The molecule has 150 valence electrons. The molecule has 1 aromatic carbocycles. The number of methoxy groups -OCH3 is 1. The summed E-state index contributed by atoms with van der Waals surface area (Å²) in [6.07, 6.45) is 6.60. The van der Waals surface area contributed by atoms with Gasteiger partial charge in [0.15, 0.2) is 11.5 Å². The van der Waals surface area contributed by atoms with E-state index in [1.807, 2.05) is 0 Å². The lowest BCUT2D eigenvalue weighted by atomic mass is 9.88. The lowest BCUT2D eigenvalue weighted by Gasteiger charge is -2.29. The van der Waals surface area contributed by atoms with Crippen molar-refractivity contribution < 1.29 is 9.84 Å². The molecule has 28 heavy (non-hydrogen) atoms. The molecule has 2 N–H and O–H groups in total. The predicted octanol–water partition coefficient (Wildman–Crippen LogP) is 3.74. The van der Waals surface area contributed by atoms with E-state index in [2.05, 4.69) is 9.88 Å². The number of nitrogens with zero attached hydrogens (tertiary/aromatic N) is 2. The Morgan fingerprint density at radius 1 is 1.32 bits per heavy atom. The molecule has 0 saturated heterocycles. The fourth-order valence-electron chi connectivity index (χ4n) is 4.35. The number of benzene rings is 1. The lowest BCUT2D eigenvalue weighted by Crippen LogP contribution is -2.35. The van der Waals surface area contributed by atoms with Crippen molar-refractivity contribution in [3.63, 3.8) is 0 Å². The van der Waals surface area contributed by atoms with Crippen molar-refractivity contribution in [1.82, 2.24) is 14.9 Å². The van der Waals surface area contributed by atoms with Crippen LogP contribution in [0.1, 0.15) is 60.7 Å². The summed E-state index contributed by atoms with van der Waals surface area (Å²) in [5.74, 6) is 1.57. The fourth-order valence-corrected chi connectivity index (χ4v) is 4.58. The number of aromatic amines is 1. The molecular weight excluding hydrogens is 378 g/mol. The molecule has 0 atom stereocenters. The molecule has 2 aliphatic rings. The van der Waals surface area contributed by atoms with Gasteiger partial charge in [0, 0.05) is 31.1 Å². The van der Waals surface area contributed by atoms with Gasteiger partial charge < -0.3 is 14.8 Å². The zero-order valence-electron chi connectivity index (χ0n) is 16.1. The number of rotatable bonds is 4. The van der Waals surface area contributed by atoms with E-state index in [0.29, 0.717) is 31.2 Å². The smallest absolute Gasteiger partial charge is 0.254 e. The topological polar surface area (TPSA) is 78.5 Å². The Labute approximate surface area is 169 Å². The van der Waals surface area contributed by atoms with Gasteiger partial charge in [0.25, 0.3) is 5.56 Å². The lowest BCUT2D eigenvalue weighted by molar-refractivity contribution is 0.239. The maximum absolute atomic E-state index is 12.6. The van der Waals surface area contributed by atoms with Crippen LogP contribution in [0.3, 0.4) is 0 Å². The Kier molecular flexibility index (Phi) is 5.60. The summed E-state index contributed by atoms with van der Waals surface area (Å²) in [5.41, 5.74) is 2.70. The molecule has 1 saturated carbocycles. The summed E-state index contributed by atoms with van der Waals surface area (Å²) in [7, 11) is 1.51. The zero-order chi connectivity index (χ0) is 19.7. The summed E-state index contributed by atoms with van der Waals surface area (Å²) in [5, 5.41) is 10.2. The second-order valence-electron chi connectivity index (χ2n) is 7.80. The zero-order valence-corrected chi connectivity index (χ0v) is 16.9. The van der Waals surface area contributed by atoms with E-state index < -0.39 is 0 Å². The van der Waals surface area contributed by atoms with Crippen LogP contribution in [0.25, 0.3) is 0 Å². The number of hydrogen-bond donors (Lipinski definition) is 2.